The number of amides is 2. The van der Waals surface area contributed by atoms with Gasteiger partial charge in [-0.2, -0.15) is 11.8 Å². The van der Waals surface area contributed by atoms with Gasteiger partial charge in [-0.3, -0.25) is 9.59 Å². The molecule has 0 saturated carbocycles. The van der Waals surface area contributed by atoms with Crippen molar-refractivity contribution in [2.45, 2.75) is 12.5 Å². The van der Waals surface area contributed by atoms with Gasteiger partial charge in [0.1, 0.15) is 11.8 Å². The Bertz CT molecular complexity index is 521. The lowest BCUT2D eigenvalue weighted by Crippen LogP contribution is -2.54. The SMILES string of the molecule is CSCCC(NC(=O)COc1ccccc1)C(=O)N1CCNCC1. The summed E-state index contributed by atoms with van der Waals surface area (Å²) in [6.07, 6.45) is 2.62. The maximum absolute atomic E-state index is 12.6. The van der Waals surface area contributed by atoms with E-state index in [4.69, 9.17) is 4.74 Å². The molecule has 0 aromatic heterocycles. The van der Waals surface area contributed by atoms with Crippen LogP contribution in [0.2, 0.25) is 0 Å². The van der Waals surface area contributed by atoms with E-state index in [9.17, 15) is 9.59 Å². The summed E-state index contributed by atoms with van der Waals surface area (Å²) in [5.74, 6) is 1.19. The van der Waals surface area contributed by atoms with Crippen LogP contribution in [0, 0.1) is 0 Å². The first-order valence-electron chi connectivity index (χ1n) is 8.16. The summed E-state index contributed by atoms with van der Waals surface area (Å²) >= 11 is 1.67. The largest absolute Gasteiger partial charge is 0.484 e. The number of carbonyl (C=O) groups excluding carboxylic acids is 2. The minimum Gasteiger partial charge on any atom is -0.484 e. The highest BCUT2D eigenvalue weighted by Gasteiger charge is 2.26. The van der Waals surface area contributed by atoms with Crippen molar-refractivity contribution in [2.24, 2.45) is 0 Å². The molecule has 0 aliphatic carbocycles. The van der Waals surface area contributed by atoms with Gasteiger partial charge in [-0.1, -0.05) is 18.2 Å². The van der Waals surface area contributed by atoms with Gasteiger partial charge in [-0.05, 0) is 30.6 Å². The zero-order valence-corrected chi connectivity index (χ0v) is 14.8. The molecule has 7 heteroatoms. The number of ether oxygens (including phenoxy) is 1. The smallest absolute Gasteiger partial charge is 0.258 e. The van der Waals surface area contributed by atoms with E-state index in [-0.39, 0.29) is 18.4 Å². The van der Waals surface area contributed by atoms with Gasteiger partial charge in [-0.15, -0.1) is 0 Å². The topological polar surface area (TPSA) is 70.7 Å². The van der Waals surface area contributed by atoms with Crippen LogP contribution in [0.5, 0.6) is 5.75 Å². The number of nitrogens with one attached hydrogen (secondary N) is 2. The second kappa shape index (κ2) is 10.2. The zero-order valence-electron chi connectivity index (χ0n) is 14.0. The van der Waals surface area contributed by atoms with Crippen molar-refractivity contribution in [3.05, 3.63) is 30.3 Å². The number of piperazine rings is 1. The van der Waals surface area contributed by atoms with Gasteiger partial charge in [0, 0.05) is 26.2 Å². The predicted octanol–water partition coefficient (Wildman–Crippen LogP) is 0.735. The standard InChI is InChI=1S/C17H25N3O3S/c1-24-12-7-15(17(22)20-10-8-18-9-11-20)19-16(21)13-23-14-5-3-2-4-6-14/h2-6,15,18H,7-13H2,1H3,(H,19,21). The Labute approximate surface area is 147 Å². The van der Waals surface area contributed by atoms with Crippen LogP contribution >= 0.6 is 11.8 Å². The van der Waals surface area contributed by atoms with E-state index < -0.39 is 6.04 Å². The molecule has 1 unspecified atom stereocenters. The Balaban J connectivity index is 1.86. The molecule has 24 heavy (non-hydrogen) atoms. The van der Waals surface area contributed by atoms with Gasteiger partial charge in [-0.25, -0.2) is 0 Å². The molecule has 2 N–H and O–H groups in total. The van der Waals surface area contributed by atoms with Crippen molar-refractivity contribution in [2.75, 3.05) is 44.8 Å². The maximum atomic E-state index is 12.6. The zero-order chi connectivity index (χ0) is 17.2. The van der Waals surface area contributed by atoms with Crippen molar-refractivity contribution in [1.29, 1.82) is 0 Å². The molecule has 1 aromatic carbocycles. The quantitative estimate of drug-likeness (QED) is 0.723. The second-order valence-corrected chi connectivity index (χ2v) is 6.56. The molecule has 1 saturated heterocycles. The first-order valence-corrected chi connectivity index (χ1v) is 9.55. The lowest BCUT2D eigenvalue weighted by Gasteiger charge is -2.31. The monoisotopic (exact) mass is 351 g/mol. The molecule has 0 bridgehead atoms. The van der Waals surface area contributed by atoms with Gasteiger partial charge in [0.05, 0.1) is 0 Å². The third-order valence-corrected chi connectivity index (χ3v) is 4.43. The molecule has 0 spiro atoms. The van der Waals surface area contributed by atoms with Gasteiger partial charge < -0.3 is 20.3 Å². The van der Waals surface area contributed by atoms with Crippen LogP contribution in [0.1, 0.15) is 6.42 Å². The average molecular weight is 351 g/mol. The molecule has 1 aliphatic heterocycles. The van der Waals surface area contributed by atoms with Crippen LogP contribution in [0.4, 0.5) is 0 Å². The first-order chi connectivity index (χ1) is 11.7. The van der Waals surface area contributed by atoms with Gasteiger partial charge in [0.2, 0.25) is 5.91 Å². The second-order valence-electron chi connectivity index (χ2n) is 5.58. The Morgan fingerprint density at radius 1 is 1.29 bits per heavy atom. The number of hydrogen-bond donors (Lipinski definition) is 2. The summed E-state index contributed by atoms with van der Waals surface area (Å²) in [7, 11) is 0. The maximum Gasteiger partial charge on any atom is 0.258 e. The van der Waals surface area contributed by atoms with E-state index in [0.717, 1.165) is 18.8 Å². The van der Waals surface area contributed by atoms with Gasteiger partial charge in [0.25, 0.3) is 5.91 Å². The van der Waals surface area contributed by atoms with E-state index in [0.29, 0.717) is 25.3 Å². The summed E-state index contributed by atoms with van der Waals surface area (Å²) in [4.78, 5) is 26.6. The van der Waals surface area contributed by atoms with Crippen LogP contribution in [0.15, 0.2) is 30.3 Å². The van der Waals surface area contributed by atoms with Crippen LogP contribution in [-0.2, 0) is 9.59 Å². The molecule has 1 atom stereocenters. The van der Waals surface area contributed by atoms with Crippen molar-refractivity contribution < 1.29 is 14.3 Å². The van der Waals surface area contributed by atoms with E-state index in [1.165, 1.54) is 0 Å². The average Bonchev–Trinajstić information content (AvgIpc) is 2.64. The number of thioether (sulfide) groups is 1. The minimum atomic E-state index is -0.484. The number of hydrogen-bond acceptors (Lipinski definition) is 5. The molecule has 132 valence electrons. The highest BCUT2D eigenvalue weighted by Crippen LogP contribution is 2.09. The number of nitrogens with zero attached hydrogens (tertiary/aromatic N) is 1. The predicted molar refractivity (Wildman–Crippen MR) is 96.3 cm³/mol. The molecule has 1 fully saturated rings. The van der Waals surface area contributed by atoms with Crippen LogP contribution < -0.4 is 15.4 Å². The minimum absolute atomic E-state index is 0.00129. The highest BCUT2D eigenvalue weighted by atomic mass is 32.2. The van der Waals surface area contributed by atoms with Gasteiger partial charge >= 0.3 is 0 Å². The molecule has 6 nitrogen and oxygen atoms in total. The van der Waals surface area contributed by atoms with Crippen molar-refractivity contribution in [3.63, 3.8) is 0 Å². The van der Waals surface area contributed by atoms with E-state index in [2.05, 4.69) is 10.6 Å². The van der Waals surface area contributed by atoms with Crippen molar-refractivity contribution in [1.82, 2.24) is 15.5 Å². The Morgan fingerprint density at radius 3 is 2.67 bits per heavy atom. The van der Waals surface area contributed by atoms with Crippen molar-refractivity contribution in [3.8, 4) is 5.75 Å². The normalized spacial score (nSPS) is 15.6. The summed E-state index contributed by atoms with van der Waals surface area (Å²) in [6, 6.07) is 8.69. The van der Waals surface area contributed by atoms with E-state index >= 15 is 0 Å². The third-order valence-electron chi connectivity index (χ3n) is 3.79. The van der Waals surface area contributed by atoms with Crippen LogP contribution in [0.3, 0.4) is 0 Å². The third kappa shape index (κ3) is 6.05. The summed E-state index contributed by atoms with van der Waals surface area (Å²) < 4.78 is 5.45. The number of benzene rings is 1. The lowest BCUT2D eigenvalue weighted by molar-refractivity contribution is -0.137. The molecule has 2 rings (SSSR count). The molecule has 1 aromatic rings. The molecule has 1 aliphatic rings. The summed E-state index contributed by atoms with van der Waals surface area (Å²) in [5, 5.41) is 6.06. The lowest BCUT2D eigenvalue weighted by atomic mass is 10.1. The fourth-order valence-corrected chi connectivity index (χ4v) is 2.97. The molecular weight excluding hydrogens is 326 g/mol. The van der Waals surface area contributed by atoms with Crippen molar-refractivity contribution >= 4 is 23.6 Å². The molecule has 0 radical (unpaired) electrons. The Morgan fingerprint density at radius 2 is 2.00 bits per heavy atom. The van der Waals surface area contributed by atoms with Crippen LogP contribution in [0.25, 0.3) is 0 Å². The Kier molecular flexibility index (Phi) is 7.91. The highest BCUT2D eigenvalue weighted by molar-refractivity contribution is 7.98. The first kappa shape index (κ1) is 18.6. The number of para-hydroxylation sites is 1. The van der Waals surface area contributed by atoms with E-state index in [1.54, 1.807) is 23.9 Å². The summed E-state index contributed by atoms with van der Waals surface area (Å²) in [5.41, 5.74) is 0. The number of carbonyl (C=O) groups is 2. The molecule has 2 amide bonds. The van der Waals surface area contributed by atoms with E-state index in [1.807, 2.05) is 29.4 Å². The fourth-order valence-electron chi connectivity index (χ4n) is 2.50. The molecular formula is C17H25N3O3S. The summed E-state index contributed by atoms with van der Waals surface area (Å²) in [6.45, 7) is 2.88. The van der Waals surface area contributed by atoms with Crippen LogP contribution in [-0.4, -0.2) is 67.6 Å². The Hall–Kier alpha value is -1.73. The molecule has 1 heterocycles. The number of rotatable bonds is 8. The van der Waals surface area contributed by atoms with Gasteiger partial charge in [0.15, 0.2) is 6.61 Å². The fraction of sp³-hybridized carbons (Fsp3) is 0.529.